The number of carbonyl (C=O) groups is 1. The summed E-state index contributed by atoms with van der Waals surface area (Å²) in [4.78, 5) is 14.2. The van der Waals surface area contributed by atoms with Gasteiger partial charge in [-0.1, -0.05) is 0 Å². The third-order valence-corrected chi connectivity index (χ3v) is 5.46. The van der Waals surface area contributed by atoms with Gasteiger partial charge in [0.25, 0.3) is 5.91 Å². The van der Waals surface area contributed by atoms with Crippen LogP contribution in [0, 0.1) is 17.2 Å². The lowest BCUT2D eigenvalue weighted by Gasteiger charge is -2.33. The Kier molecular flexibility index (Phi) is 4.61. The number of likely N-dealkylation sites (tertiary alicyclic amines) is 1. The molecule has 0 N–H and O–H groups in total. The molecule has 28 heavy (non-hydrogen) atoms. The maximum Gasteiger partial charge on any atom is 0.391 e. The van der Waals surface area contributed by atoms with Gasteiger partial charge < -0.3 is 4.90 Å². The second kappa shape index (κ2) is 6.97. The van der Waals surface area contributed by atoms with Gasteiger partial charge in [0, 0.05) is 30.8 Å². The molecule has 0 unspecified atom stereocenters. The highest BCUT2D eigenvalue weighted by atomic mass is 19.4. The average Bonchev–Trinajstić information content (AvgIpc) is 3.43. The van der Waals surface area contributed by atoms with Gasteiger partial charge in [-0.05, 0) is 49.9 Å². The number of hydrogen-bond donors (Lipinski definition) is 0. The van der Waals surface area contributed by atoms with E-state index in [1.165, 1.54) is 4.90 Å². The Hall–Kier alpha value is -2.82. The van der Waals surface area contributed by atoms with Crippen molar-refractivity contribution in [2.45, 2.75) is 37.8 Å². The number of amides is 1. The number of alkyl halides is 3. The second-order valence-corrected chi connectivity index (χ2v) is 7.41. The lowest BCUT2D eigenvalue weighted by Crippen LogP contribution is -2.42. The summed E-state index contributed by atoms with van der Waals surface area (Å²) in [5.41, 5.74) is 2.21. The summed E-state index contributed by atoms with van der Waals surface area (Å²) in [6.07, 6.45) is -0.392. The van der Waals surface area contributed by atoms with E-state index in [0.717, 1.165) is 18.5 Å². The molecule has 0 bridgehead atoms. The van der Waals surface area contributed by atoms with Gasteiger partial charge >= 0.3 is 6.18 Å². The zero-order valence-corrected chi connectivity index (χ0v) is 15.1. The van der Waals surface area contributed by atoms with Gasteiger partial charge in [-0.2, -0.15) is 23.5 Å². The zero-order valence-electron chi connectivity index (χ0n) is 15.1. The quantitative estimate of drug-likeness (QED) is 0.797. The summed E-state index contributed by atoms with van der Waals surface area (Å²) >= 11 is 0. The number of hydrogen-bond acceptors (Lipinski definition) is 3. The van der Waals surface area contributed by atoms with E-state index >= 15 is 0 Å². The number of piperidine rings is 1. The van der Waals surface area contributed by atoms with Crippen molar-refractivity contribution in [2.24, 2.45) is 5.92 Å². The van der Waals surface area contributed by atoms with E-state index in [0.29, 0.717) is 22.7 Å². The molecule has 2 heterocycles. The highest BCUT2D eigenvalue weighted by molar-refractivity contribution is 5.95. The van der Waals surface area contributed by atoms with Crippen molar-refractivity contribution in [1.29, 1.82) is 5.26 Å². The number of halogens is 3. The third kappa shape index (κ3) is 3.61. The molecule has 1 saturated heterocycles. The molecule has 2 aromatic rings. The molecule has 8 heteroatoms. The van der Waals surface area contributed by atoms with Gasteiger partial charge in [0.05, 0.1) is 22.9 Å². The Morgan fingerprint density at radius 2 is 1.86 bits per heavy atom. The van der Waals surface area contributed by atoms with Gasteiger partial charge in [0.1, 0.15) is 6.07 Å². The molecular formula is C20H19F3N4O. The van der Waals surface area contributed by atoms with Crippen LogP contribution in [0.2, 0.25) is 0 Å². The SMILES string of the molecule is N#Cc1ccc(C(=O)N2CCC(C(F)(F)F)CC2)cc1-n1ccc(C2CC2)n1. The molecule has 2 aliphatic rings. The summed E-state index contributed by atoms with van der Waals surface area (Å²) < 4.78 is 40.1. The predicted molar refractivity (Wildman–Crippen MR) is 94.9 cm³/mol. The van der Waals surface area contributed by atoms with Crippen LogP contribution in [0.3, 0.4) is 0 Å². The highest BCUT2D eigenvalue weighted by Gasteiger charge is 2.41. The van der Waals surface area contributed by atoms with Crippen LogP contribution in [0.1, 0.15) is 53.2 Å². The van der Waals surface area contributed by atoms with Crippen molar-refractivity contribution in [2.75, 3.05) is 13.1 Å². The summed E-state index contributed by atoms with van der Waals surface area (Å²) in [6.45, 7) is 0.151. The van der Waals surface area contributed by atoms with Crippen LogP contribution in [0.25, 0.3) is 5.69 Å². The van der Waals surface area contributed by atoms with Crippen LogP contribution in [0.5, 0.6) is 0 Å². The number of carbonyl (C=O) groups excluding carboxylic acids is 1. The molecule has 1 aliphatic heterocycles. The normalized spacial score (nSPS) is 18.1. The molecule has 1 aromatic carbocycles. The van der Waals surface area contributed by atoms with Crippen molar-refractivity contribution >= 4 is 5.91 Å². The Morgan fingerprint density at radius 1 is 1.14 bits per heavy atom. The van der Waals surface area contributed by atoms with E-state index < -0.39 is 12.1 Å². The maximum absolute atomic E-state index is 12.8. The molecule has 2 fully saturated rings. The molecule has 0 radical (unpaired) electrons. The smallest absolute Gasteiger partial charge is 0.339 e. The fourth-order valence-electron chi connectivity index (χ4n) is 3.61. The van der Waals surface area contributed by atoms with Crippen molar-refractivity contribution in [3.63, 3.8) is 0 Å². The number of benzene rings is 1. The first-order valence-electron chi connectivity index (χ1n) is 9.33. The molecule has 5 nitrogen and oxygen atoms in total. The summed E-state index contributed by atoms with van der Waals surface area (Å²) in [5.74, 6) is -1.20. The lowest BCUT2D eigenvalue weighted by atomic mass is 9.95. The number of aromatic nitrogens is 2. The first-order chi connectivity index (χ1) is 13.4. The second-order valence-electron chi connectivity index (χ2n) is 7.41. The number of rotatable bonds is 3. The first-order valence-corrected chi connectivity index (χ1v) is 9.33. The number of nitrogens with zero attached hydrogens (tertiary/aromatic N) is 4. The van der Waals surface area contributed by atoms with Crippen LogP contribution in [0.15, 0.2) is 30.5 Å². The number of nitriles is 1. The third-order valence-electron chi connectivity index (χ3n) is 5.46. The summed E-state index contributed by atoms with van der Waals surface area (Å²) in [5, 5.41) is 13.9. The van der Waals surface area contributed by atoms with E-state index in [1.807, 2.05) is 6.07 Å². The van der Waals surface area contributed by atoms with Crippen LogP contribution in [-0.4, -0.2) is 39.9 Å². The average molecular weight is 388 g/mol. The van der Waals surface area contributed by atoms with E-state index in [1.54, 1.807) is 29.1 Å². The van der Waals surface area contributed by atoms with Gasteiger partial charge in [-0.15, -0.1) is 0 Å². The van der Waals surface area contributed by atoms with Crippen molar-refractivity contribution in [3.05, 3.63) is 47.3 Å². The van der Waals surface area contributed by atoms with Crippen LogP contribution in [-0.2, 0) is 0 Å². The predicted octanol–water partition coefficient (Wildman–Crippen LogP) is 4.04. The van der Waals surface area contributed by atoms with Crippen molar-refractivity contribution < 1.29 is 18.0 Å². The Labute approximate surface area is 160 Å². The van der Waals surface area contributed by atoms with Gasteiger partial charge in [0.15, 0.2) is 0 Å². The fourth-order valence-corrected chi connectivity index (χ4v) is 3.61. The van der Waals surface area contributed by atoms with Gasteiger partial charge in [-0.3, -0.25) is 4.79 Å². The van der Waals surface area contributed by atoms with E-state index in [9.17, 15) is 23.2 Å². The Morgan fingerprint density at radius 3 is 2.46 bits per heavy atom. The van der Waals surface area contributed by atoms with Crippen molar-refractivity contribution in [1.82, 2.24) is 14.7 Å². The van der Waals surface area contributed by atoms with Gasteiger partial charge in [-0.25, -0.2) is 4.68 Å². The van der Waals surface area contributed by atoms with Crippen molar-refractivity contribution in [3.8, 4) is 11.8 Å². The molecule has 1 aromatic heterocycles. The van der Waals surface area contributed by atoms with E-state index in [-0.39, 0.29) is 31.8 Å². The maximum atomic E-state index is 12.8. The first kappa shape index (κ1) is 18.5. The van der Waals surface area contributed by atoms with Gasteiger partial charge in [0.2, 0.25) is 0 Å². The lowest BCUT2D eigenvalue weighted by molar-refractivity contribution is -0.183. The van der Waals surface area contributed by atoms with E-state index in [4.69, 9.17) is 0 Å². The van der Waals surface area contributed by atoms with E-state index in [2.05, 4.69) is 11.2 Å². The molecule has 1 amide bonds. The highest BCUT2D eigenvalue weighted by Crippen LogP contribution is 2.39. The Balaban J connectivity index is 1.55. The van der Waals surface area contributed by atoms with Crippen LogP contribution >= 0.6 is 0 Å². The largest absolute Gasteiger partial charge is 0.391 e. The minimum atomic E-state index is -4.21. The summed E-state index contributed by atoms with van der Waals surface area (Å²) in [7, 11) is 0. The molecular weight excluding hydrogens is 369 g/mol. The summed E-state index contributed by atoms with van der Waals surface area (Å²) in [6, 6.07) is 8.72. The standard InChI is InChI=1S/C20H19F3N4O/c21-20(22,23)16-5-8-26(9-6-16)19(28)14-3-4-15(12-24)18(11-14)27-10-7-17(25-27)13-1-2-13/h3-4,7,10-11,13,16H,1-2,5-6,8-9H2. The minimum absolute atomic E-state index is 0.0753. The minimum Gasteiger partial charge on any atom is -0.339 e. The topological polar surface area (TPSA) is 61.9 Å². The molecule has 0 atom stereocenters. The Bertz CT molecular complexity index is 932. The fraction of sp³-hybridized carbons (Fsp3) is 0.450. The monoisotopic (exact) mass is 388 g/mol. The van der Waals surface area contributed by atoms with Crippen LogP contribution in [0.4, 0.5) is 13.2 Å². The van der Waals surface area contributed by atoms with Crippen LogP contribution < -0.4 is 0 Å². The molecule has 1 aliphatic carbocycles. The molecule has 4 rings (SSSR count). The molecule has 1 saturated carbocycles. The molecule has 0 spiro atoms. The zero-order chi connectivity index (χ0) is 19.9. The molecule has 146 valence electrons.